The second-order valence-corrected chi connectivity index (χ2v) is 1.46. The van der Waals surface area contributed by atoms with Crippen LogP contribution in [0.25, 0.3) is 0 Å². The summed E-state index contributed by atoms with van der Waals surface area (Å²) in [6, 6.07) is 0. The summed E-state index contributed by atoms with van der Waals surface area (Å²) in [6.07, 6.45) is 2.57. The van der Waals surface area contributed by atoms with Gasteiger partial charge >= 0.3 is 0 Å². The molecule has 0 aliphatic rings. The van der Waals surface area contributed by atoms with Crippen LogP contribution in [0.3, 0.4) is 0 Å². The Morgan fingerprint density at radius 1 is 1.57 bits per heavy atom. The van der Waals surface area contributed by atoms with Crippen molar-refractivity contribution in [2.45, 2.75) is 0 Å². The van der Waals surface area contributed by atoms with Gasteiger partial charge in [0, 0.05) is 5.02 Å². The van der Waals surface area contributed by atoms with Crippen molar-refractivity contribution in [1.29, 1.82) is 0 Å². The average molecular weight is 116 g/mol. The highest BCUT2D eigenvalue weighted by atomic mass is 32.2. The molecule has 0 radical (unpaired) electrons. The van der Waals surface area contributed by atoms with Crippen molar-refractivity contribution in [3.05, 3.63) is 18.7 Å². The Bertz CT molecular complexity index is 196. The first-order valence-corrected chi connectivity index (χ1v) is 2.64. The van der Waals surface area contributed by atoms with E-state index in [0.29, 0.717) is 0 Å². The molecular formula is C4H4O2S. The summed E-state index contributed by atoms with van der Waals surface area (Å²) in [5.74, 6) is 0. The highest BCUT2D eigenvalue weighted by Gasteiger charge is 1.50. The Balaban J connectivity index is 4.50. The van der Waals surface area contributed by atoms with Crippen LogP contribution in [0.4, 0.5) is 0 Å². The van der Waals surface area contributed by atoms with Gasteiger partial charge in [-0.25, -0.2) is 0 Å². The maximum absolute atomic E-state index is 9.57. The molecule has 3 heteroatoms. The Morgan fingerprint density at radius 2 is 2.14 bits per heavy atom. The van der Waals surface area contributed by atoms with E-state index < -0.39 is 10.3 Å². The molecule has 0 spiro atoms. The molecule has 0 rings (SSSR count). The fraction of sp³-hybridized carbons (Fsp3) is 0. The van der Waals surface area contributed by atoms with Crippen molar-refractivity contribution in [1.82, 2.24) is 0 Å². The molecule has 0 fully saturated rings. The van der Waals surface area contributed by atoms with E-state index in [-0.39, 0.29) is 0 Å². The van der Waals surface area contributed by atoms with Gasteiger partial charge in [0.25, 0.3) is 10.3 Å². The number of hydrogen-bond donors (Lipinski definition) is 0. The third-order valence-corrected chi connectivity index (χ3v) is 0.611. The van der Waals surface area contributed by atoms with Gasteiger partial charge in [-0.15, -0.1) is 0 Å². The summed E-state index contributed by atoms with van der Waals surface area (Å²) in [7, 11) is -2.19. The molecule has 7 heavy (non-hydrogen) atoms. The van der Waals surface area contributed by atoms with Gasteiger partial charge in [-0.2, -0.15) is 8.42 Å². The number of allylic oxidation sites excluding steroid dienone is 2. The molecule has 0 N–H and O–H groups in total. The summed E-state index contributed by atoms with van der Waals surface area (Å²) < 4.78 is 19.1. The van der Waals surface area contributed by atoms with E-state index in [1.807, 2.05) is 5.02 Å². The molecule has 0 saturated carbocycles. The first kappa shape index (κ1) is 6.21. The summed E-state index contributed by atoms with van der Waals surface area (Å²) in [5.41, 5.74) is 0. The van der Waals surface area contributed by atoms with Crippen LogP contribution < -0.4 is 0 Å². The molecule has 38 valence electrons. The van der Waals surface area contributed by atoms with Crippen LogP contribution in [0.5, 0.6) is 0 Å². The number of rotatable bonds is 1. The minimum atomic E-state index is -2.19. The van der Waals surface area contributed by atoms with E-state index >= 15 is 0 Å². The van der Waals surface area contributed by atoms with Gasteiger partial charge in [-0.1, -0.05) is 12.7 Å². The van der Waals surface area contributed by atoms with E-state index in [1.165, 1.54) is 12.2 Å². The summed E-state index contributed by atoms with van der Waals surface area (Å²) in [4.78, 5) is 0. The maximum atomic E-state index is 9.57. The van der Waals surface area contributed by atoms with Gasteiger partial charge in [0.05, 0.1) is 0 Å². The lowest BCUT2D eigenvalue weighted by Gasteiger charge is -1.47. The Labute approximate surface area is 43.3 Å². The summed E-state index contributed by atoms with van der Waals surface area (Å²) >= 11 is 0. The molecule has 0 unspecified atom stereocenters. The van der Waals surface area contributed by atoms with Gasteiger partial charge in [0.2, 0.25) is 0 Å². The molecule has 0 aliphatic carbocycles. The van der Waals surface area contributed by atoms with E-state index in [0.717, 1.165) is 0 Å². The monoisotopic (exact) mass is 116 g/mol. The minimum absolute atomic E-state index is 1.23. The SMILES string of the molecule is C=CC=C=S(=O)=O. The molecule has 0 aromatic heterocycles. The van der Waals surface area contributed by atoms with Crippen molar-refractivity contribution in [2.75, 3.05) is 0 Å². The van der Waals surface area contributed by atoms with E-state index in [9.17, 15) is 8.42 Å². The smallest absolute Gasteiger partial charge is 0.176 e. The van der Waals surface area contributed by atoms with E-state index in [2.05, 4.69) is 6.58 Å². The fourth-order valence-electron chi connectivity index (χ4n) is 0.104. The van der Waals surface area contributed by atoms with Crippen LogP contribution in [-0.2, 0) is 10.3 Å². The van der Waals surface area contributed by atoms with Gasteiger partial charge in [0.15, 0.2) is 0 Å². The maximum Gasteiger partial charge on any atom is 0.260 e. The lowest BCUT2D eigenvalue weighted by atomic mass is 10.6. The molecule has 0 saturated heterocycles. The second kappa shape index (κ2) is 3.40. The van der Waals surface area contributed by atoms with Crippen LogP contribution >= 0.6 is 0 Å². The largest absolute Gasteiger partial charge is 0.260 e. The zero-order chi connectivity index (χ0) is 5.70. The predicted octanol–water partition coefficient (Wildman–Crippen LogP) is 0.00880. The second-order valence-electron chi connectivity index (χ2n) is 0.755. The predicted molar refractivity (Wildman–Crippen MR) is 28.7 cm³/mol. The van der Waals surface area contributed by atoms with Gasteiger partial charge in [-0.3, -0.25) is 0 Å². The molecule has 0 heterocycles. The highest BCUT2D eigenvalue weighted by Crippen LogP contribution is 1.53. The first-order chi connectivity index (χ1) is 3.27. The zero-order valence-electron chi connectivity index (χ0n) is 3.59. The van der Waals surface area contributed by atoms with Crippen LogP contribution in [0.1, 0.15) is 0 Å². The highest BCUT2D eigenvalue weighted by molar-refractivity contribution is 7.70. The normalized spacial score (nSPS) is 6.29. The summed E-state index contributed by atoms with van der Waals surface area (Å²) in [6.45, 7) is 3.24. The van der Waals surface area contributed by atoms with Crippen molar-refractivity contribution in [3.63, 3.8) is 0 Å². The fourth-order valence-corrected chi connectivity index (χ4v) is 0.311. The molecule has 0 aromatic rings. The average Bonchev–Trinajstić information content (AvgIpc) is 1.61. The van der Waals surface area contributed by atoms with Gasteiger partial charge in [0.1, 0.15) is 0 Å². The van der Waals surface area contributed by atoms with Gasteiger partial charge < -0.3 is 0 Å². The van der Waals surface area contributed by atoms with Crippen LogP contribution in [0.15, 0.2) is 18.7 Å². The van der Waals surface area contributed by atoms with Crippen molar-refractivity contribution in [2.24, 2.45) is 0 Å². The minimum Gasteiger partial charge on any atom is -0.176 e. The van der Waals surface area contributed by atoms with Crippen molar-refractivity contribution >= 4 is 15.3 Å². The van der Waals surface area contributed by atoms with E-state index in [4.69, 9.17) is 0 Å². The molecule has 2 nitrogen and oxygen atoms in total. The molecule has 0 aromatic carbocycles. The third-order valence-electron chi connectivity index (χ3n) is 0.282. The molecule has 0 atom stereocenters. The third kappa shape index (κ3) is 5.21. The standard InChI is InChI=1S/C4H4O2S/c1-2-3-4-7(5)6/h2-3H,1H2. The summed E-state index contributed by atoms with van der Waals surface area (Å²) in [5, 5.41) is 1.97. The van der Waals surface area contributed by atoms with Gasteiger partial charge in [-0.05, 0) is 6.08 Å². The molecule has 0 aliphatic heterocycles. The first-order valence-electron chi connectivity index (χ1n) is 1.57. The lowest BCUT2D eigenvalue weighted by Crippen LogP contribution is -1.53. The number of hydrogen-bond acceptors (Lipinski definition) is 2. The van der Waals surface area contributed by atoms with Crippen LogP contribution in [0.2, 0.25) is 0 Å². The Hall–Kier alpha value is -0.790. The molecular weight excluding hydrogens is 112 g/mol. The van der Waals surface area contributed by atoms with Crippen molar-refractivity contribution < 1.29 is 8.42 Å². The molecule has 0 bridgehead atoms. The quantitative estimate of drug-likeness (QED) is 0.357. The van der Waals surface area contributed by atoms with Crippen LogP contribution in [0, 0.1) is 0 Å². The van der Waals surface area contributed by atoms with Crippen molar-refractivity contribution in [3.8, 4) is 0 Å². The Morgan fingerprint density at radius 3 is 2.29 bits per heavy atom. The Kier molecular flexibility index (Phi) is 3.02. The molecule has 0 amide bonds. The van der Waals surface area contributed by atoms with E-state index in [1.54, 1.807) is 0 Å². The lowest BCUT2D eigenvalue weighted by molar-refractivity contribution is 0.627. The topological polar surface area (TPSA) is 34.1 Å². The zero-order valence-corrected chi connectivity index (χ0v) is 4.40. The van der Waals surface area contributed by atoms with Crippen LogP contribution in [-0.4, -0.2) is 13.4 Å².